The van der Waals surface area contributed by atoms with Crippen LogP contribution in [0, 0.1) is 5.41 Å². The molecule has 3 N–H and O–H groups in total. The van der Waals surface area contributed by atoms with E-state index in [1.54, 1.807) is 4.90 Å². The minimum atomic E-state index is -0.347. The van der Waals surface area contributed by atoms with Gasteiger partial charge in [0, 0.05) is 37.1 Å². The molecule has 160 valence electrons. The van der Waals surface area contributed by atoms with E-state index in [0.29, 0.717) is 31.4 Å². The number of hydrogen-bond acceptors (Lipinski definition) is 5. The van der Waals surface area contributed by atoms with Crippen molar-refractivity contribution in [3.05, 3.63) is 24.3 Å². The highest BCUT2D eigenvalue weighted by Crippen LogP contribution is 2.30. The largest absolute Gasteiger partial charge is 0.370 e. The average molecular weight is 403 g/mol. The summed E-state index contributed by atoms with van der Waals surface area (Å²) in [6, 6.07) is 7.47. The first-order valence-corrected chi connectivity index (χ1v) is 10.5. The van der Waals surface area contributed by atoms with Gasteiger partial charge in [0.2, 0.25) is 5.91 Å². The normalized spacial score (nSPS) is 19.2. The third-order valence-electron chi connectivity index (χ3n) is 5.56. The number of nitrogens with two attached hydrogens (primary N) is 1. The van der Waals surface area contributed by atoms with Crippen LogP contribution < -0.4 is 16.0 Å². The molecular weight excluding hydrogens is 368 g/mol. The van der Waals surface area contributed by atoms with Crippen molar-refractivity contribution >= 4 is 23.2 Å². The molecule has 1 aromatic rings. The molecule has 1 saturated heterocycles. The number of anilines is 2. The van der Waals surface area contributed by atoms with Gasteiger partial charge < -0.3 is 20.7 Å². The number of carbonyl (C=O) groups excluding carboxylic acids is 2. The van der Waals surface area contributed by atoms with E-state index in [9.17, 15) is 9.59 Å². The maximum atomic E-state index is 13.0. The minimum Gasteiger partial charge on any atom is -0.370 e. The Kier molecular flexibility index (Phi) is 6.93. The van der Waals surface area contributed by atoms with Crippen molar-refractivity contribution in [2.45, 2.75) is 52.1 Å². The van der Waals surface area contributed by atoms with Crippen LogP contribution in [0.4, 0.5) is 11.4 Å². The summed E-state index contributed by atoms with van der Waals surface area (Å²) in [5.74, 6) is -0.117. The van der Waals surface area contributed by atoms with E-state index in [1.165, 1.54) is 6.42 Å². The fraction of sp³-hybridized carbons (Fsp3) is 0.636. The second-order valence-corrected chi connectivity index (χ2v) is 9.20. The molecule has 1 aliphatic carbocycles. The van der Waals surface area contributed by atoms with Crippen molar-refractivity contribution in [1.29, 1.82) is 0 Å². The first kappa shape index (κ1) is 21.7. The first-order chi connectivity index (χ1) is 13.8. The van der Waals surface area contributed by atoms with E-state index >= 15 is 0 Å². The Labute approximate surface area is 173 Å². The molecule has 1 atom stereocenters. The van der Waals surface area contributed by atoms with Gasteiger partial charge in [-0.05, 0) is 42.5 Å². The predicted molar refractivity (Wildman–Crippen MR) is 115 cm³/mol. The molecule has 2 fully saturated rings. The summed E-state index contributed by atoms with van der Waals surface area (Å²) >= 11 is 0. The van der Waals surface area contributed by atoms with E-state index in [-0.39, 0.29) is 29.9 Å². The summed E-state index contributed by atoms with van der Waals surface area (Å²) < 4.78 is 5.17. The van der Waals surface area contributed by atoms with Crippen LogP contribution in [0.5, 0.6) is 0 Å². The molecule has 2 amide bonds. The van der Waals surface area contributed by atoms with Crippen LogP contribution in [0.2, 0.25) is 0 Å². The van der Waals surface area contributed by atoms with Crippen LogP contribution in [0.1, 0.15) is 40.0 Å². The van der Waals surface area contributed by atoms with Gasteiger partial charge in [-0.2, -0.15) is 0 Å². The van der Waals surface area contributed by atoms with Gasteiger partial charge in [-0.15, -0.1) is 0 Å². The third-order valence-corrected chi connectivity index (χ3v) is 5.56. The Morgan fingerprint density at radius 3 is 2.52 bits per heavy atom. The van der Waals surface area contributed by atoms with Crippen LogP contribution in [0.3, 0.4) is 0 Å². The topological polar surface area (TPSA) is 87.9 Å². The summed E-state index contributed by atoms with van der Waals surface area (Å²) in [6.07, 6.45) is 3.47. The third kappa shape index (κ3) is 5.56. The Bertz CT molecular complexity index is 710. The van der Waals surface area contributed by atoms with Crippen molar-refractivity contribution in [3.8, 4) is 0 Å². The first-order valence-electron chi connectivity index (χ1n) is 10.5. The molecule has 0 bridgehead atoms. The molecule has 0 spiro atoms. The highest BCUT2D eigenvalue weighted by Gasteiger charge is 2.36. The maximum absolute atomic E-state index is 13.0. The second kappa shape index (κ2) is 9.24. The number of carbonyl (C=O) groups is 2. The van der Waals surface area contributed by atoms with Crippen LogP contribution in [-0.2, 0) is 14.3 Å². The lowest BCUT2D eigenvalue weighted by Gasteiger charge is -2.44. The predicted octanol–water partition coefficient (Wildman–Crippen LogP) is 2.22. The number of ether oxygens (including phenoxy) is 1. The van der Waals surface area contributed by atoms with Crippen molar-refractivity contribution in [1.82, 2.24) is 4.90 Å². The highest BCUT2D eigenvalue weighted by atomic mass is 16.5. The van der Waals surface area contributed by atoms with E-state index in [0.717, 1.165) is 25.1 Å². The molecule has 3 rings (SSSR count). The van der Waals surface area contributed by atoms with Crippen molar-refractivity contribution < 1.29 is 14.3 Å². The van der Waals surface area contributed by atoms with Gasteiger partial charge in [0.05, 0.1) is 6.61 Å². The molecule has 0 aromatic heterocycles. The number of hydrogen-bond donors (Lipinski definition) is 2. The molecule has 2 aliphatic rings. The summed E-state index contributed by atoms with van der Waals surface area (Å²) in [4.78, 5) is 29.0. The molecule has 7 nitrogen and oxygen atoms in total. The quantitative estimate of drug-likeness (QED) is 0.730. The van der Waals surface area contributed by atoms with Gasteiger partial charge >= 0.3 is 0 Å². The lowest BCUT2D eigenvalue weighted by Crippen LogP contribution is -2.56. The number of morpholine rings is 1. The van der Waals surface area contributed by atoms with Gasteiger partial charge in [0.1, 0.15) is 12.6 Å². The van der Waals surface area contributed by atoms with Crippen LogP contribution >= 0.6 is 0 Å². The SMILES string of the molecule is CC(C)(C)CN(C1CCC1)[C@@H](CN)C(=O)Nc1ccc(N2CCOCC2=O)cc1. The molecule has 1 aromatic carbocycles. The number of amides is 2. The van der Waals surface area contributed by atoms with Gasteiger partial charge in [-0.3, -0.25) is 14.5 Å². The summed E-state index contributed by atoms with van der Waals surface area (Å²) in [5, 5.41) is 3.01. The molecule has 1 saturated carbocycles. The van der Waals surface area contributed by atoms with E-state index in [1.807, 2.05) is 24.3 Å². The average Bonchev–Trinajstić information content (AvgIpc) is 2.61. The molecule has 1 heterocycles. The Hall–Kier alpha value is -1.96. The van der Waals surface area contributed by atoms with Crippen molar-refractivity contribution in [2.75, 3.05) is 43.1 Å². The zero-order valence-corrected chi connectivity index (χ0v) is 17.8. The second-order valence-electron chi connectivity index (χ2n) is 9.20. The molecular formula is C22H34N4O3. The molecule has 29 heavy (non-hydrogen) atoms. The monoisotopic (exact) mass is 402 g/mol. The van der Waals surface area contributed by atoms with Crippen molar-refractivity contribution in [2.24, 2.45) is 11.1 Å². The number of benzene rings is 1. The highest BCUT2D eigenvalue weighted by molar-refractivity contribution is 5.97. The van der Waals surface area contributed by atoms with E-state index < -0.39 is 0 Å². The van der Waals surface area contributed by atoms with Gasteiger partial charge in [0.25, 0.3) is 5.91 Å². The Morgan fingerprint density at radius 2 is 2.00 bits per heavy atom. The van der Waals surface area contributed by atoms with Gasteiger partial charge in [-0.25, -0.2) is 0 Å². The molecule has 0 radical (unpaired) electrons. The number of nitrogens with zero attached hydrogens (tertiary/aromatic N) is 2. The van der Waals surface area contributed by atoms with E-state index in [4.69, 9.17) is 10.5 Å². The zero-order valence-electron chi connectivity index (χ0n) is 17.8. The lowest BCUT2D eigenvalue weighted by molar-refractivity contribution is -0.126. The molecule has 1 aliphatic heterocycles. The van der Waals surface area contributed by atoms with Crippen LogP contribution in [0.25, 0.3) is 0 Å². The maximum Gasteiger partial charge on any atom is 0.253 e. The minimum absolute atomic E-state index is 0.0467. The zero-order chi connectivity index (χ0) is 21.0. The molecule has 7 heteroatoms. The fourth-order valence-electron chi connectivity index (χ4n) is 3.89. The molecule has 0 unspecified atom stereocenters. The van der Waals surface area contributed by atoms with Gasteiger partial charge in [0.15, 0.2) is 0 Å². The smallest absolute Gasteiger partial charge is 0.253 e. The Balaban J connectivity index is 1.67. The van der Waals surface area contributed by atoms with E-state index in [2.05, 4.69) is 31.0 Å². The summed E-state index contributed by atoms with van der Waals surface area (Å²) in [5.41, 5.74) is 7.66. The summed E-state index contributed by atoms with van der Waals surface area (Å²) in [7, 11) is 0. The summed E-state index contributed by atoms with van der Waals surface area (Å²) in [6.45, 7) is 8.89. The number of rotatable bonds is 7. The van der Waals surface area contributed by atoms with Gasteiger partial charge in [-0.1, -0.05) is 27.2 Å². The fourth-order valence-corrected chi connectivity index (χ4v) is 3.89. The Morgan fingerprint density at radius 1 is 1.31 bits per heavy atom. The number of nitrogens with one attached hydrogen (secondary N) is 1. The van der Waals surface area contributed by atoms with Crippen LogP contribution in [0.15, 0.2) is 24.3 Å². The standard InChI is InChI=1S/C22H34N4O3/c1-22(2,3)15-26(17-5-4-6-17)19(13-23)21(28)24-16-7-9-18(10-8-16)25-11-12-29-14-20(25)27/h7-10,17,19H,4-6,11-15,23H2,1-3H3,(H,24,28)/t19-/m0/s1. The van der Waals surface area contributed by atoms with Crippen LogP contribution in [-0.4, -0.2) is 61.6 Å². The lowest BCUT2D eigenvalue weighted by atomic mass is 9.86. The van der Waals surface area contributed by atoms with Crippen molar-refractivity contribution in [3.63, 3.8) is 0 Å².